The second-order valence-electron chi connectivity index (χ2n) is 6.57. The fourth-order valence-corrected chi connectivity index (χ4v) is 3.68. The fourth-order valence-electron chi connectivity index (χ4n) is 2.96. The van der Waals surface area contributed by atoms with E-state index >= 15 is 0 Å². The highest BCUT2D eigenvalue weighted by atomic mass is 32.1. The van der Waals surface area contributed by atoms with Crippen molar-refractivity contribution >= 4 is 34.1 Å². The molecule has 2 heterocycles. The average Bonchev–Trinajstić information content (AvgIpc) is 3.47. The van der Waals surface area contributed by atoms with Gasteiger partial charge in [-0.1, -0.05) is 12.1 Å². The fraction of sp³-hybridized carbons (Fsp3) is 0.0435. The smallest absolute Gasteiger partial charge is 0.280 e. The van der Waals surface area contributed by atoms with Crippen molar-refractivity contribution in [2.75, 3.05) is 12.4 Å². The minimum Gasteiger partial charge on any atom is -0.497 e. The van der Waals surface area contributed by atoms with Gasteiger partial charge in [-0.3, -0.25) is 20.2 Å². The highest BCUT2D eigenvalue weighted by molar-refractivity contribution is 7.14. The van der Waals surface area contributed by atoms with Gasteiger partial charge in [-0.25, -0.2) is 4.98 Å². The van der Waals surface area contributed by atoms with Crippen molar-refractivity contribution in [1.29, 1.82) is 0 Å². The Balaban J connectivity index is 1.42. The van der Waals surface area contributed by atoms with Crippen LogP contribution in [0.5, 0.6) is 5.75 Å². The summed E-state index contributed by atoms with van der Waals surface area (Å²) in [5, 5.41) is 16.2. The first kappa shape index (κ1) is 21.0. The van der Waals surface area contributed by atoms with Crippen LogP contribution in [0.3, 0.4) is 0 Å². The molecule has 0 saturated heterocycles. The molecule has 8 nitrogen and oxygen atoms in total. The number of hydrogen-bond donors (Lipinski definition) is 1. The van der Waals surface area contributed by atoms with Gasteiger partial charge in [0.2, 0.25) is 5.91 Å². The van der Waals surface area contributed by atoms with E-state index in [9.17, 15) is 14.9 Å². The van der Waals surface area contributed by atoms with E-state index in [1.54, 1.807) is 37.4 Å². The van der Waals surface area contributed by atoms with Crippen molar-refractivity contribution in [3.05, 3.63) is 88.0 Å². The quantitative estimate of drug-likeness (QED) is 0.223. The van der Waals surface area contributed by atoms with Crippen LogP contribution in [0.2, 0.25) is 0 Å². The van der Waals surface area contributed by atoms with Gasteiger partial charge in [0.25, 0.3) is 5.69 Å². The lowest BCUT2D eigenvalue weighted by atomic mass is 10.1. The van der Waals surface area contributed by atoms with Crippen LogP contribution in [0, 0.1) is 10.1 Å². The molecular formula is C23H17N3O5S. The highest BCUT2D eigenvalue weighted by Crippen LogP contribution is 2.31. The lowest BCUT2D eigenvalue weighted by molar-refractivity contribution is -0.384. The Morgan fingerprint density at radius 1 is 1.16 bits per heavy atom. The maximum atomic E-state index is 12.3. The Morgan fingerprint density at radius 3 is 2.69 bits per heavy atom. The van der Waals surface area contributed by atoms with Gasteiger partial charge in [0.15, 0.2) is 5.13 Å². The first-order valence-electron chi connectivity index (χ1n) is 9.46. The van der Waals surface area contributed by atoms with Gasteiger partial charge in [-0.2, -0.15) is 0 Å². The van der Waals surface area contributed by atoms with Gasteiger partial charge in [0.05, 0.1) is 23.3 Å². The number of thiazole rings is 1. The molecule has 4 aromatic rings. The van der Waals surface area contributed by atoms with E-state index in [4.69, 9.17) is 9.15 Å². The number of nitrogens with one attached hydrogen (secondary N) is 1. The summed E-state index contributed by atoms with van der Waals surface area (Å²) in [4.78, 5) is 27.4. The average molecular weight is 447 g/mol. The first-order chi connectivity index (χ1) is 15.5. The minimum atomic E-state index is -0.463. The zero-order valence-electron chi connectivity index (χ0n) is 16.8. The van der Waals surface area contributed by atoms with E-state index in [2.05, 4.69) is 10.3 Å². The predicted octanol–water partition coefficient (Wildman–Crippen LogP) is 5.64. The molecule has 0 radical (unpaired) electrons. The monoisotopic (exact) mass is 447 g/mol. The summed E-state index contributed by atoms with van der Waals surface area (Å²) >= 11 is 1.31. The number of carbonyl (C=O) groups excluding carboxylic acids is 1. The maximum Gasteiger partial charge on any atom is 0.280 e. The number of nitro benzene ring substituents is 1. The molecule has 0 atom stereocenters. The number of furan rings is 1. The molecular weight excluding hydrogens is 430 g/mol. The van der Waals surface area contributed by atoms with Crippen LogP contribution < -0.4 is 10.1 Å². The molecule has 0 saturated carbocycles. The molecule has 9 heteroatoms. The molecule has 160 valence electrons. The van der Waals surface area contributed by atoms with Gasteiger partial charge >= 0.3 is 0 Å². The summed E-state index contributed by atoms with van der Waals surface area (Å²) in [5.74, 6) is 1.13. The third-order valence-corrected chi connectivity index (χ3v) is 5.27. The predicted molar refractivity (Wildman–Crippen MR) is 123 cm³/mol. The molecule has 0 aliphatic heterocycles. The number of aromatic nitrogens is 1. The number of ether oxygens (including phenoxy) is 1. The van der Waals surface area contributed by atoms with Crippen LogP contribution in [-0.4, -0.2) is 22.9 Å². The Bertz CT molecular complexity index is 1290. The van der Waals surface area contributed by atoms with Crippen molar-refractivity contribution in [3.63, 3.8) is 0 Å². The molecule has 0 fully saturated rings. The summed E-state index contributed by atoms with van der Waals surface area (Å²) in [5.41, 5.74) is 1.98. The van der Waals surface area contributed by atoms with E-state index in [-0.39, 0.29) is 11.6 Å². The number of anilines is 1. The lowest BCUT2D eigenvalue weighted by Crippen LogP contribution is -2.07. The molecule has 2 aromatic heterocycles. The number of nitrogens with zero attached hydrogens (tertiary/aromatic N) is 2. The van der Waals surface area contributed by atoms with Crippen molar-refractivity contribution in [2.45, 2.75) is 0 Å². The number of para-hydroxylation sites is 1. The van der Waals surface area contributed by atoms with Gasteiger partial charge in [-0.15, -0.1) is 11.3 Å². The van der Waals surface area contributed by atoms with Gasteiger partial charge in [0.1, 0.15) is 17.3 Å². The third kappa shape index (κ3) is 4.73. The van der Waals surface area contributed by atoms with Crippen LogP contribution in [0.25, 0.3) is 28.7 Å². The van der Waals surface area contributed by atoms with Crippen LogP contribution >= 0.6 is 11.3 Å². The van der Waals surface area contributed by atoms with Crippen LogP contribution in [-0.2, 0) is 4.79 Å². The van der Waals surface area contributed by atoms with Crippen molar-refractivity contribution in [1.82, 2.24) is 4.98 Å². The molecule has 4 rings (SSSR count). The molecule has 1 amide bonds. The Kier molecular flexibility index (Phi) is 6.09. The van der Waals surface area contributed by atoms with Crippen molar-refractivity contribution < 1.29 is 18.9 Å². The Hall–Kier alpha value is -4.24. The minimum absolute atomic E-state index is 0.0495. The molecule has 1 N–H and O–H groups in total. The van der Waals surface area contributed by atoms with Gasteiger partial charge in [0, 0.05) is 23.1 Å². The first-order valence-corrected chi connectivity index (χ1v) is 10.3. The topological polar surface area (TPSA) is 108 Å². The second kappa shape index (κ2) is 9.27. The van der Waals surface area contributed by atoms with Crippen LogP contribution in [0.15, 0.2) is 76.5 Å². The number of benzene rings is 2. The van der Waals surface area contributed by atoms with Crippen LogP contribution in [0.4, 0.5) is 10.8 Å². The summed E-state index contributed by atoms with van der Waals surface area (Å²) in [6.07, 6.45) is 2.81. The zero-order chi connectivity index (χ0) is 22.5. The van der Waals surface area contributed by atoms with Gasteiger partial charge in [-0.05, 0) is 48.5 Å². The van der Waals surface area contributed by atoms with E-state index in [1.807, 2.05) is 29.6 Å². The maximum absolute atomic E-state index is 12.3. The number of methoxy groups -OCH3 is 1. The molecule has 0 aliphatic carbocycles. The second-order valence-corrected chi connectivity index (χ2v) is 7.42. The SMILES string of the molecule is COc1ccc(-c2csc(NC(=O)/C=C/c3ccc(-c4ccccc4[N+](=O)[O-])o3)n2)cc1. The largest absolute Gasteiger partial charge is 0.497 e. The van der Waals surface area contributed by atoms with E-state index in [0.29, 0.717) is 22.2 Å². The van der Waals surface area contributed by atoms with Crippen molar-refractivity contribution in [2.24, 2.45) is 0 Å². The molecule has 0 bridgehead atoms. The number of nitro groups is 1. The van der Waals surface area contributed by atoms with E-state index in [0.717, 1.165) is 17.0 Å². The highest BCUT2D eigenvalue weighted by Gasteiger charge is 2.16. The number of rotatable bonds is 7. The normalized spacial score (nSPS) is 10.9. The number of amides is 1. The number of carbonyl (C=O) groups is 1. The Labute approximate surface area is 187 Å². The lowest BCUT2D eigenvalue weighted by Gasteiger charge is -2.00. The summed E-state index contributed by atoms with van der Waals surface area (Å²) in [7, 11) is 1.61. The zero-order valence-corrected chi connectivity index (χ0v) is 17.7. The standard InChI is InChI=1S/C23H17N3O5S/c1-30-16-8-6-15(7-9-16)19-14-32-23(24-19)25-22(27)13-11-17-10-12-21(31-17)18-4-2-3-5-20(18)26(28)29/h2-14H,1H3,(H,24,25,27)/b13-11+. The molecule has 32 heavy (non-hydrogen) atoms. The van der Waals surface area contributed by atoms with E-state index in [1.165, 1.54) is 29.6 Å². The molecule has 0 aliphatic rings. The summed E-state index contributed by atoms with van der Waals surface area (Å²) in [6, 6.07) is 17.1. The Morgan fingerprint density at radius 2 is 1.94 bits per heavy atom. The van der Waals surface area contributed by atoms with Gasteiger partial charge < -0.3 is 9.15 Å². The molecule has 2 aromatic carbocycles. The van der Waals surface area contributed by atoms with Crippen molar-refractivity contribution in [3.8, 4) is 28.3 Å². The van der Waals surface area contributed by atoms with Crippen LogP contribution in [0.1, 0.15) is 5.76 Å². The number of hydrogen-bond acceptors (Lipinski definition) is 7. The molecule has 0 spiro atoms. The van der Waals surface area contributed by atoms with E-state index < -0.39 is 4.92 Å². The summed E-state index contributed by atoms with van der Waals surface area (Å²) in [6.45, 7) is 0. The summed E-state index contributed by atoms with van der Waals surface area (Å²) < 4.78 is 10.8. The molecule has 0 unspecified atom stereocenters. The third-order valence-electron chi connectivity index (χ3n) is 4.51.